The van der Waals surface area contributed by atoms with Crippen LogP contribution in [0.1, 0.15) is 40.0 Å². The Bertz CT molecular complexity index is 178. The summed E-state index contributed by atoms with van der Waals surface area (Å²) in [5.74, 6) is 1.16. The highest BCUT2D eigenvalue weighted by Gasteiger charge is 2.13. The molecule has 0 spiro atoms. The Morgan fingerprint density at radius 1 is 1.38 bits per heavy atom. The summed E-state index contributed by atoms with van der Waals surface area (Å²) in [4.78, 5) is 11.4. The Hall–Kier alpha value is -0.180. The molecule has 0 rings (SSSR count). The smallest absolute Gasteiger partial charge is 0.148 e. The lowest BCUT2D eigenvalue weighted by molar-refractivity contribution is -0.119. The molecule has 2 nitrogen and oxygen atoms in total. The van der Waals surface area contributed by atoms with Crippen LogP contribution in [0.5, 0.6) is 0 Å². The van der Waals surface area contributed by atoms with Crippen molar-refractivity contribution in [3.05, 3.63) is 0 Å². The van der Waals surface area contributed by atoms with E-state index in [1.165, 1.54) is 0 Å². The van der Waals surface area contributed by atoms with Gasteiger partial charge in [0, 0.05) is 22.5 Å². The minimum atomic E-state index is -0.922. The van der Waals surface area contributed by atoms with Crippen LogP contribution >= 0.6 is 0 Å². The zero-order valence-corrected chi connectivity index (χ0v) is 9.65. The molecule has 0 aromatic heterocycles. The van der Waals surface area contributed by atoms with Gasteiger partial charge in [0.25, 0.3) is 0 Å². The molecule has 78 valence electrons. The van der Waals surface area contributed by atoms with E-state index in [1.54, 1.807) is 0 Å². The lowest BCUT2D eigenvalue weighted by atomic mass is 10.1. The summed E-state index contributed by atoms with van der Waals surface area (Å²) < 4.78 is 11.3. The third-order valence-electron chi connectivity index (χ3n) is 2.19. The normalized spacial score (nSPS) is 15.3. The topological polar surface area (TPSA) is 34.1 Å². The quantitative estimate of drug-likeness (QED) is 0.637. The molecule has 0 aromatic carbocycles. The van der Waals surface area contributed by atoms with Crippen LogP contribution in [0.25, 0.3) is 0 Å². The summed E-state index contributed by atoms with van der Waals surface area (Å²) in [5, 5.41) is 0. The molecule has 0 fully saturated rings. The van der Waals surface area contributed by atoms with E-state index < -0.39 is 10.8 Å². The Labute approximate surface area is 83.6 Å². The maximum Gasteiger partial charge on any atom is 0.148 e. The first-order chi connectivity index (χ1) is 6.11. The molecule has 0 aromatic rings. The van der Waals surface area contributed by atoms with Crippen molar-refractivity contribution in [3.8, 4) is 0 Å². The van der Waals surface area contributed by atoms with Gasteiger partial charge in [-0.1, -0.05) is 27.2 Å². The van der Waals surface area contributed by atoms with Crippen molar-refractivity contribution in [1.29, 1.82) is 0 Å². The van der Waals surface area contributed by atoms with Gasteiger partial charge in [0.15, 0.2) is 0 Å². The number of ketones is 1. The van der Waals surface area contributed by atoms with E-state index in [-0.39, 0.29) is 17.5 Å². The standard InChI is InChI=1S/C10H20O2S/c1-4-6-7-13(12)8-10(11)9(3)5-2/h9H,4-8H2,1-3H3. The molecule has 0 heterocycles. The van der Waals surface area contributed by atoms with Crippen molar-refractivity contribution in [2.45, 2.75) is 40.0 Å². The number of rotatable bonds is 7. The first-order valence-corrected chi connectivity index (χ1v) is 6.48. The van der Waals surface area contributed by atoms with Crippen molar-refractivity contribution in [1.82, 2.24) is 0 Å². The summed E-state index contributed by atoms with van der Waals surface area (Å²) in [5.41, 5.74) is 0. The van der Waals surface area contributed by atoms with Gasteiger partial charge in [-0.05, 0) is 12.8 Å². The maximum absolute atomic E-state index is 11.4. The van der Waals surface area contributed by atoms with Crippen molar-refractivity contribution in [2.24, 2.45) is 5.92 Å². The van der Waals surface area contributed by atoms with E-state index >= 15 is 0 Å². The number of carbonyl (C=O) groups excluding carboxylic acids is 1. The van der Waals surface area contributed by atoms with E-state index in [1.807, 2.05) is 13.8 Å². The van der Waals surface area contributed by atoms with E-state index in [2.05, 4.69) is 6.92 Å². The number of hydrogen-bond donors (Lipinski definition) is 0. The second-order valence-electron chi connectivity index (χ2n) is 3.42. The van der Waals surface area contributed by atoms with Crippen molar-refractivity contribution in [2.75, 3.05) is 11.5 Å². The van der Waals surface area contributed by atoms with Gasteiger partial charge in [-0.25, -0.2) is 0 Å². The number of unbranched alkanes of at least 4 members (excludes halogenated alkanes) is 1. The SMILES string of the molecule is CCCCS(=O)CC(=O)C(C)CC. The summed E-state index contributed by atoms with van der Waals surface area (Å²) in [6.07, 6.45) is 2.85. The molecular formula is C10H20O2S. The molecule has 0 bridgehead atoms. The molecule has 0 radical (unpaired) electrons. The Kier molecular flexibility index (Phi) is 7.14. The molecule has 0 aliphatic heterocycles. The fourth-order valence-electron chi connectivity index (χ4n) is 0.906. The number of hydrogen-bond acceptors (Lipinski definition) is 2. The van der Waals surface area contributed by atoms with Crippen LogP contribution < -0.4 is 0 Å². The van der Waals surface area contributed by atoms with Crippen LogP contribution in [0.2, 0.25) is 0 Å². The van der Waals surface area contributed by atoms with Gasteiger partial charge < -0.3 is 0 Å². The first kappa shape index (κ1) is 12.8. The van der Waals surface area contributed by atoms with E-state index in [0.29, 0.717) is 5.75 Å². The zero-order chi connectivity index (χ0) is 10.3. The van der Waals surface area contributed by atoms with Crippen LogP contribution in [0, 0.1) is 5.92 Å². The van der Waals surface area contributed by atoms with Gasteiger partial charge in [0.05, 0.1) is 5.75 Å². The molecule has 0 amide bonds. The van der Waals surface area contributed by atoms with Gasteiger partial charge in [0.1, 0.15) is 5.78 Å². The van der Waals surface area contributed by atoms with Crippen LogP contribution in [-0.2, 0) is 15.6 Å². The summed E-state index contributed by atoms with van der Waals surface area (Å²) in [7, 11) is -0.922. The summed E-state index contributed by atoms with van der Waals surface area (Å²) in [6.45, 7) is 5.95. The molecule has 0 N–H and O–H groups in total. The third kappa shape index (κ3) is 5.97. The minimum absolute atomic E-state index is 0.0746. The third-order valence-corrected chi connectivity index (χ3v) is 3.54. The van der Waals surface area contributed by atoms with E-state index in [4.69, 9.17) is 0 Å². The van der Waals surface area contributed by atoms with Crippen molar-refractivity contribution in [3.63, 3.8) is 0 Å². The van der Waals surface area contributed by atoms with Crippen LogP contribution in [0.15, 0.2) is 0 Å². The van der Waals surface area contributed by atoms with Gasteiger partial charge >= 0.3 is 0 Å². The fourth-order valence-corrected chi connectivity index (χ4v) is 2.26. The highest BCUT2D eigenvalue weighted by atomic mass is 32.2. The first-order valence-electron chi connectivity index (χ1n) is 4.99. The molecular weight excluding hydrogens is 184 g/mol. The number of carbonyl (C=O) groups is 1. The molecule has 2 atom stereocenters. The Morgan fingerprint density at radius 3 is 2.46 bits per heavy atom. The fraction of sp³-hybridized carbons (Fsp3) is 0.900. The average molecular weight is 204 g/mol. The van der Waals surface area contributed by atoms with Crippen LogP contribution in [0.4, 0.5) is 0 Å². The predicted octanol–water partition coefficient (Wildman–Crippen LogP) is 2.15. The summed E-state index contributed by atoms with van der Waals surface area (Å²) in [6, 6.07) is 0. The lowest BCUT2D eigenvalue weighted by Gasteiger charge is -2.06. The van der Waals surface area contributed by atoms with Gasteiger partial charge in [-0.3, -0.25) is 9.00 Å². The van der Waals surface area contributed by atoms with E-state index in [9.17, 15) is 9.00 Å². The Morgan fingerprint density at radius 2 is 2.00 bits per heavy atom. The molecule has 0 aliphatic rings. The van der Waals surface area contributed by atoms with Crippen molar-refractivity contribution >= 4 is 16.6 Å². The predicted molar refractivity (Wildman–Crippen MR) is 57.2 cm³/mol. The molecule has 2 unspecified atom stereocenters. The average Bonchev–Trinajstić information content (AvgIpc) is 2.13. The highest BCUT2D eigenvalue weighted by Crippen LogP contribution is 2.04. The molecule has 3 heteroatoms. The highest BCUT2D eigenvalue weighted by molar-refractivity contribution is 7.85. The zero-order valence-electron chi connectivity index (χ0n) is 8.84. The molecule has 0 aliphatic carbocycles. The van der Waals surface area contributed by atoms with Crippen LogP contribution in [0.3, 0.4) is 0 Å². The molecule has 13 heavy (non-hydrogen) atoms. The molecule has 0 saturated carbocycles. The van der Waals surface area contributed by atoms with Gasteiger partial charge in [0.2, 0.25) is 0 Å². The van der Waals surface area contributed by atoms with E-state index in [0.717, 1.165) is 19.3 Å². The monoisotopic (exact) mass is 204 g/mol. The largest absolute Gasteiger partial charge is 0.298 e. The molecule has 0 saturated heterocycles. The van der Waals surface area contributed by atoms with Crippen LogP contribution in [-0.4, -0.2) is 21.5 Å². The Balaban J connectivity index is 3.71. The number of Topliss-reactive ketones (excluding diaryl/α,β-unsaturated/α-hetero) is 1. The lowest BCUT2D eigenvalue weighted by Crippen LogP contribution is -2.19. The van der Waals surface area contributed by atoms with Gasteiger partial charge in [-0.15, -0.1) is 0 Å². The second-order valence-corrected chi connectivity index (χ2v) is 4.99. The maximum atomic E-state index is 11.4. The van der Waals surface area contributed by atoms with Crippen molar-refractivity contribution < 1.29 is 9.00 Å². The second kappa shape index (κ2) is 7.25. The van der Waals surface area contributed by atoms with Gasteiger partial charge in [-0.2, -0.15) is 0 Å². The minimum Gasteiger partial charge on any atom is -0.298 e. The summed E-state index contributed by atoms with van der Waals surface area (Å²) >= 11 is 0.